The van der Waals surface area contributed by atoms with Crippen LogP contribution in [0.1, 0.15) is 30.9 Å². The van der Waals surface area contributed by atoms with E-state index in [4.69, 9.17) is 4.74 Å². The summed E-state index contributed by atoms with van der Waals surface area (Å²) in [7, 11) is 0. The summed E-state index contributed by atoms with van der Waals surface area (Å²) in [4.78, 5) is 36.3. The molecule has 0 aliphatic heterocycles. The molecule has 2 aromatic rings. The summed E-state index contributed by atoms with van der Waals surface area (Å²) in [6, 6.07) is 13.1. The van der Waals surface area contributed by atoms with E-state index in [-0.39, 0.29) is 18.8 Å². The van der Waals surface area contributed by atoms with Crippen LogP contribution in [0, 0.1) is 0 Å². The number of phenolic OH excluding ortho intramolecular Hbond substituents is 1. The van der Waals surface area contributed by atoms with Gasteiger partial charge in [-0.15, -0.1) is 0 Å². The lowest BCUT2D eigenvalue weighted by atomic mass is 10.0. The van der Waals surface area contributed by atoms with E-state index in [1.165, 1.54) is 12.1 Å². The summed E-state index contributed by atoms with van der Waals surface area (Å²) in [5.74, 6) is -1.73. The number of hydrogen-bond donors (Lipinski definition) is 4. The maximum atomic E-state index is 12.6. The Bertz CT molecular complexity index is 838. The van der Waals surface area contributed by atoms with Crippen LogP contribution in [-0.2, 0) is 27.4 Å². The number of aromatic hydroxyl groups is 1. The average molecular weight is 414 g/mol. The zero-order valence-electron chi connectivity index (χ0n) is 16.7. The van der Waals surface area contributed by atoms with Gasteiger partial charge in [0.1, 0.15) is 24.4 Å². The normalized spacial score (nSPS) is 12.4. The number of phenols is 1. The molecule has 2 atom stereocenters. The van der Waals surface area contributed by atoms with Crippen LogP contribution in [0.5, 0.6) is 5.75 Å². The molecule has 2 amide bonds. The predicted octanol–water partition coefficient (Wildman–Crippen LogP) is 2.60. The van der Waals surface area contributed by atoms with Gasteiger partial charge in [-0.05, 0) is 29.7 Å². The van der Waals surface area contributed by atoms with Crippen molar-refractivity contribution in [2.45, 2.75) is 44.9 Å². The molecule has 0 spiro atoms. The van der Waals surface area contributed by atoms with Crippen LogP contribution in [0.2, 0.25) is 0 Å². The van der Waals surface area contributed by atoms with Gasteiger partial charge < -0.3 is 25.6 Å². The Balaban J connectivity index is 1.95. The molecule has 0 fully saturated rings. The molecule has 160 valence electrons. The van der Waals surface area contributed by atoms with E-state index in [9.17, 15) is 24.6 Å². The van der Waals surface area contributed by atoms with Gasteiger partial charge >= 0.3 is 12.1 Å². The van der Waals surface area contributed by atoms with Gasteiger partial charge in [0.05, 0.1) is 0 Å². The van der Waals surface area contributed by atoms with Crippen LogP contribution < -0.4 is 10.6 Å². The topological polar surface area (TPSA) is 125 Å². The van der Waals surface area contributed by atoms with E-state index in [1.807, 2.05) is 37.3 Å². The van der Waals surface area contributed by atoms with E-state index in [0.29, 0.717) is 18.4 Å². The van der Waals surface area contributed by atoms with Crippen LogP contribution in [-0.4, -0.2) is 40.3 Å². The van der Waals surface area contributed by atoms with Gasteiger partial charge in [-0.2, -0.15) is 0 Å². The highest BCUT2D eigenvalue weighted by Crippen LogP contribution is 2.12. The highest BCUT2D eigenvalue weighted by atomic mass is 16.5. The van der Waals surface area contributed by atoms with E-state index < -0.39 is 30.1 Å². The average Bonchev–Trinajstić information content (AvgIpc) is 2.73. The van der Waals surface area contributed by atoms with Crippen LogP contribution in [0.3, 0.4) is 0 Å². The molecule has 30 heavy (non-hydrogen) atoms. The SMILES string of the molecule is CCC[C@@H](NC(=O)OCc1ccccc1)C(=O)N[C@H](Cc1ccc(O)cc1)C(=O)O. The number of amides is 2. The molecule has 0 aliphatic carbocycles. The molecular formula is C22H26N2O6. The summed E-state index contributed by atoms with van der Waals surface area (Å²) in [5, 5.41) is 23.8. The molecule has 0 bridgehead atoms. The molecular weight excluding hydrogens is 388 g/mol. The molecule has 8 nitrogen and oxygen atoms in total. The summed E-state index contributed by atoms with van der Waals surface area (Å²) >= 11 is 0. The number of alkyl carbamates (subject to hydrolysis) is 1. The standard InChI is InChI=1S/C22H26N2O6/c1-2-6-18(24-22(29)30-14-16-7-4-3-5-8-16)20(26)23-19(21(27)28)13-15-9-11-17(25)12-10-15/h3-5,7-12,18-19,25H,2,6,13-14H2,1H3,(H,23,26)(H,24,29)(H,27,28)/t18-,19-/m1/s1. The number of aliphatic carboxylic acids is 1. The van der Waals surface area contributed by atoms with Crippen LogP contribution in [0.15, 0.2) is 54.6 Å². The first-order valence-corrected chi connectivity index (χ1v) is 9.67. The van der Waals surface area contributed by atoms with Crippen molar-refractivity contribution in [2.24, 2.45) is 0 Å². The predicted molar refractivity (Wildman–Crippen MR) is 110 cm³/mol. The van der Waals surface area contributed by atoms with E-state index >= 15 is 0 Å². The minimum Gasteiger partial charge on any atom is -0.508 e. The molecule has 0 aliphatic rings. The van der Waals surface area contributed by atoms with Crippen molar-refractivity contribution in [1.29, 1.82) is 0 Å². The Morgan fingerprint density at radius 3 is 2.20 bits per heavy atom. The fourth-order valence-corrected chi connectivity index (χ4v) is 2.80. The molecule has 0 heterocycles. The third-order valence-corrected chi connectivity index (χ3v) is 4.39. The molecule has 2 aromatic carbocycles. The Kier molecular flexibility index (Phi) is 8.68. The maximum Gasteiger partial charge on any atom is 0.408 e. The Morgan fingerprint density at radius 1 is 0.933 bits per heavy atom. The minimum absolute atomic E-state index is 0.0403. The smallest absolute Gasteiger partial charge is 0.408 e. The van der Waals surface area contributed by atoms with E-state index in [1.54, 1.807) is 12.1 Å². The third kappa shape index (κ3) is 7.46. The van der Waals surface area contributed by atoms with Crippen molar-refractivity contribution < 1.29 is 29.3 Å². The number of carboxylic acid groups (broad SMARTS) is 1. The number of benzene rings is 2. The van der Waals surface area contributed by atoms with Crippen molar-refractivity contribution in [3.8, 4) is 5.75 Å². The monoisotopic (exact) mass is 414 g/mol. The zero-order valence-corrected chi connectivity index (χ0v) is 16.7. The van der Waals surface area contributed by atoms with Gasteiger partial charge in [-0.1, -0.05) is 55.8 Å². The number of carboxylic acids is 1. The first-order chi connectivity index (χ1) is 14.4. The van der Waals surface area contributed by atoms with Crippen molar-refractivity contribution in [3.05, 3.63) is 65.7 Å². The first kappa shape index (κ1) is 22.7. The van der Waals surface area contributed by atoms with Crippen LogP contribution in [0.4, 0.5) is 4.79 Å². The molecule has 0 saturated heterocycles. The third-order valence-electron chi connectivity index (χ3n) is 4.39. The quantitative estimate of drug-likeness (QED) is 0.474. The molecule has 0 saturated carbocycles. The van der Waals surface area contributed by atoms with Crippen molar-refractivity contribution in [1.82, 2.24) is 10.6 Å². The fourth-order valence-electron chi connectivity index (χ4n) is 2.80. The molecule has 4 N–H and O–H groups in total. The lowest BCUT2D eigenvalue weighted by molar-refractivity contribution is -0.142. The van der Waals surface area contributed by atoms with Gasteiger partial charge in [0.15, 0.2) is 0 Å². The second kappa shape index (κ2) is 11.5. The van der Waals surface area contributed by atoms with Gasteiger partial charge in [-0.3, -0.25) is 4.79 Å². The van der Waals surface area contributed by atoms with Gasteiger partial charge in [0.25, 0.3) is 0 Å². The van der Waals surface area contributed by atoms with Crippen molar-refractivity contribution >= 4 is 18.0 Å². The highest BCUT2D eigenvalue weighted by molar-refractivity contribution is 5.89. The Hall–Kier alpha value is -3.55. The molecule has 0 aromatic heterocycles. The largest absolute Gasteiger partial charge is 0.508 e. The van der Waals surface area contributed by atoms with E-state index in [2.05, 4.69) is 10.6 Å². The lowest BCUT2D eigenvalue weighted by Gasteiger charge is -2.21. The molecule has 2 rings (SSSR count). The highest BCUT2D eigenvalue weighted by Gasteiger charge is 2.26. The van der Waals surface area contributed by atoms with E-state index in [0.717, 1.165) is 5.56 Å². The Morgan fingerprint density at radius 2 is 1.60 bits per heavy atom. The number of hydrogen-bond acceptors (Lipinski definition) is 5. The van der Waals surface area contributed by atoms with Crippen molar-refractivity contribution in [2.75, 3.05) is 0 Å². The second-order valence-electron chi connectivity index (χ2n) is 6.82. The van der Waals surface area contributed by atoms with Crippen molar-refractivity contribution in [3.63, 3.8) is 0 Å². The van der Waals surface area contributed by atoms with Crippen LogP contribution >= 0.6 is 0 Å². The van der Waals surface area contributed by atoms with Gasteiger partial charge in [0, 0.05) is 6.42 Å². The number of ether oxygens (including phenoxy) is 1. The minimum atomic E-state index is -1.20. The summed E-state index contributed by atoms with van der Waals surface area (Å²) in [6.45, 7) is 1.91. The number of carbonyl (C=O) groups is 3. The van der Waals surface area contributed by atoms with Crippen LogP contribution in [0.25, 0.3) is 0 Å². The zero-order chi connectivity index (χ0) is 21.9. The summed E-state index contributed by atoms with van der Waals surface area (Å²) < 4.78 is 5.14. The summed E-state index contributed by atoms with van der Waals surface area (Å²) in [6.07, 6.45) is 0.223. The number of carbonyl (C=O) groups excluding carboxylic acids is 2. The summed E-state index contributed by atoms with van der Waals surface area (Å²) in [5.41, 5.74) is 1.45. The Labute approximate surface area is 174 Å². The fraction of sp³-hybridized carbons (Fsp3) is 0.318. The second-order valence-corrected chi connectivity index (χ2v) is 6.82. The first-order valence-electron chi connectivity index (χ1n) is 9.67. The number of nitrogens with one attached hydrogen (secondary N) is 2. The lowest BCUT2D eigenvalue weighted by Crippen LogP contribution is -2.52. The maximum absolute atomic E-state index is 12.6. The van der Waals surface area contributed by atoms with Gasteiger partial charge in [-0.25, -0.2) is 9.59 Å². The molecule has 8 heteroatoms. The van der Waals surface area contributed by atoms with Gasteiger partial charge in [0.2, 0.25) is 5.91 Å². The molecule has 0 radical (unpaired) electrons. The molecule has 0 unspecified atom stereocenters. The number of rotatable bonds is 10.